The molecule has 2 fully saturated rings. The number of hydrogen-bond donors (Lipinski definition) is 3. The highest BCUT2D eigenvalue weighted by atomic mass is 35.5. The molecule has 5 N–H and O–H groups in total. The Labute approximate surface area is 160 Å². The van der Waals surface area contributed by atoms with Gasteiger partial charge in [0, 0.05) is 18.5 Å². The number of halogens is 1. The molecule has 6 nitrogen and oxygen atoms in total. The summed E-state index contributed by atoms with van der Waals surface area (Å²) in [6, 6.07) is 7.61. The monoisotopic (exact) mass is 381 g/mol. The largest absolute Gasteiger partial charge is 0.484 e. The van der Waals surface area contributed by atoms with E-state index < -0.39 is 5.91 Å². The van der Waals surface area contributed by atoms with Gasteiger partial charge in [-0.2, -0.15) is 0 Å². The van der Waals surface area contributed by atoms with Crippen LogP contribution >= 0.6 is 12.4 Å². The first-order valence-corrected chi connectivity index (χ1v) is 9.06. The Hall–Kier alpha value is -1.79. The van der Waals surface area contributed by atoms with E-state index in [1.54, 1.807) is 6.07 Å². The summed E-state index contributed by atoms with van der Waals surface area (Å²) in [5, 5.41) is 3.04. The number of amides is 2. The lowest BCUT2D eigenvalue weighted by atomic mass is 9.65. The van der Waals surface area contributed by atoms with Gasteiger partial charge in [0.1, 0.15) is 5.75 Å². The maximum atomic E-state index is 12.6. The van der Waals surface area contributed by atoms with Gasteiger partial charge < -0.3 is 21.5 Å². The molecule has 7 heteroatoms. The van der Waals surface area contributed by atoms with Crippen molar-refractivity contribution in [3.63, 3.8) is 0 Å². The fourth-order valence-corrected chi connectivity index (χ4v) is 4.24. The van der Waals surface area contributed by atoms with Crippen LogP contribution in [0.4, 0.5) is 0 Å². The fraction of sp³-hybridized carbons (Fsp3) is 0.579. The molecule has 0 aliphatic heterocycles. The van der Waals surface area contributed by atoms with Crippen LogP contribution in [-0.2, 0) is 16.1 Å². The lowest BCUT2D eigenvalue weighted by Crippen LogP contribution is -2.49. The van der Waals surface area contributed by atoms with Gasteiger partial charge in [0.25, 0.3) is 5.91 Å². The predicted molar refractivity (Wildman–Crippen MR) is 102 cm³/mol. The summed E-state index contributed by atoms with van der Waals surface area (Å²) in [7, 11) is 0. The number of ether oxygens (including phenoxy) is 1. The molecule has 2 amide bonds. The van der Waals surface area contributed by atoms with Crippen LogP contribution in [0.3, 0.4) is 0 Å². The van der Waals surface area contributed by atoms with E-state index in [1.807, 2.05) is 18.2 Å². The van der Waals surface area contributed by atoms with Crippen LogP contribution in [0.2, 0.25) is 0 Å². The lowest BCUT2D eigenvalue weighted by Gasteiger charge is -2.43. The minimum atomic E-state index is -0.514. The van der Waals surface area contributed by atoms with Gasteiger partial charge in [-0.05, 0) is 55.2 Å². The number of nitrogens with one attached hydrogen (secondary N) is 1. The van der Waals surface area contributed by atoms with Crippen molar-refractivity contribution < 1.29 is 14.3 Å². The van der Waals surface area contributed by atoms with Crippen LogP contribution in [0.5, 0.6) is 5.75 Å². The van der Waals surface area contributed by atoms with E-state index in [2.05, 4.69) is 5.32 Å². The molecular weight excluding hydrogens is 354 g/mol. The van der Waals surface area contributed by atoms with Crippen molar-refractivity contribution in [2.75, 3.05) is 6.61 Å². The Bertz CT molecular complexity index is 626. The van der Waals surface area contributed by atoms with E-state index >= 15 is 0 Å². The van der Waals surface area contributed by atoms with Crippen LogP contribution in [-0.4, -0.2) is 24.5 Å². The van der Waals surface area contributed by atoms with Crippen molar-refractivity contribution >= 4 is 24.2 Å². The Morgan fingerprint density at radius 1 is 1.19 bits per heavy atom. The molecule has 2 saturated carbocycles. The number of primary amides is 1. The molecule has 2 aliphatic carbocycles. The van der Waals surface area contributed by atoms with Crippen LogP contribution in [0, 0.1) is 17.8 Å². The maximum absolute atomic E-state index is 12.6. The molecule has 1 aromatic carbocycles. The molecular formula is C19H28ClN3O3. The fourth-order valence-electron chi connectivity index (χ4n) is 4.24. The Morgan fingerprint density at radius 2 is 1.88 bits per heavy atom. The summed E-state index contributed by atoms with van der Waals surface area (Å²) in [6.07, 6.45) is 5.37. The third kappa shape index (κ3) is 5.11. The number of carbonyl (C=O) groups excluding carboxylic acids is 2. The van der Waals surface area contributed by atoms with E-state index in [1.165, 1.54) is 6.42 Å². The van der Waals surface area contributed by atoms with Gasteiger partial charge in [-0.1, -0.05) is 18.6 Å². The van der Waals surface area contributed by atoms with Crippen LogP contribution in [0.25, 0.3) is 0 Å². The van der Waals surface area contributed by atoms with Crippen molar-refractivity contribution in [1.82, 2.24) is 5.32 Å². The molecule has 2 bridgehead atoms. The van der Waals surface area contributed by atoms with Crippen molar-refractivity contribution in [3.05, 3.63) is 29.8 Å². The van der Waals surface area contributed by atoms with Crippen LogP contribution in [0.1, 0.15) is 37.7 Å². The summed E-state index contributed by atoms with van der Waals surface area (Å²) in [6.45, 7) is 0.297. The van der Waals surface area contributed by atoms with Gasteiger partial charge in [-0.3, -0.25) is 9.59 Å². The molecule has 3 rings (SSSR count). The average Bonchev–Trinajstić information content (AvgIpc) is 2.58. The van der Waals surface area contributed by atoms with Crippen molar-refractivity contribution in [3.8, 4) is 5.75 Å². The highest BCUT2D eigenvalue weighted by Gasteiger charge is 2.40. The zero-order valence-corrected chi connectivity index (χ0v) is 15.7. The van der Waals surface area contributed by atoms with Crippen molar-refractivity contribution in [1.29, 1.82) is 0 Å². The second kappa shape index (κ2) is 9.24. The van der Waals surface area contributed by atoms with Crippen LogP contribution < -0.4 is 21.5 Å². The number of carbonyl (C=O) groups is 2. The molecule has 0 radical (unpaired) electrons. The smallest absolute Gasteiger partial charge is 0.255 e. The first kappa shape index (κ1) is 20.5. The molecule has 2 unspecified atom stereocenters. The maximum Gasteiger partial charge on any atom is 0.255 e. The van der Waals surface area contributed by atoms with E-state index in [9.17, 15) is 9.59 Å². The van der Waals surface area contributed by atoms with Gasteiger partial charge in [-0.15, -0.1) is 12.4 Å². The molecule has 26 heavy (non-hydrogen) atoms. The van der Waals surface area contributed by atoms with Crippen molar-refractivity contribution in [2.45, 2.75) is 44.7 Å². The lowest BCUT2D eigenvalue weighted by molar-refractivity contribution is -0.128. The molecule has 2 aliphatic rings. The average molecular weight is 382 g/mol. The molecule has 1 aromatic rings. The highest BCUT2D eigenvalue weighted by Crippen LogP contribution is 2.41. The molecule has 2 atom stereocenters. The SMILES string of the molecule is Cl.NC(=O)COc1cccc(CNC(=O)C2CC3CCCC(C2)C3N)c1. The zero-order chi connectivity index (χ0) is 17.8. The standard InChI is InChI=1S/C19H27N3O3.ClH/c20-17(23)11-25-16-6-1-3-12(7-16)10-22-19(24)15-8-13-4-2-5-14(9-15)18(13)21;/h1,3,6-7,13-15,18H,2,4-5,8-11,21H2,(H2,20,23)(H,22,24);1H. The first-order chi connectivity index (χ1) is 12.0. The summed E-state index contributed by atoms with van der Waals surface area (Å²) in [4.78, 5) is 23.3. The third-order valence-electron chi connectivity index (χ3n) is 5.53. The Morgan fingerprint density at radius 3 is 2.54 bits per heavy atom. The van der Waals surface area contributed by atoms with E-state index in [0.717, 1.165) is 31.2 Å². The minimum absolute atomic E-state index is 0. The molecule has 0 heterocycles. The molecule has 0 saturated heterocycles. The summed E-state index contributed by atoms with van der Waals surface area (Å²) >= 11 is 0. The first-order valence-electron chi connectivity index (χ1n) is 9.06. The second-order valence-electron chi connectivity index (χ2n) is 7.32. The summed E-state index contributed by atoms with van der Waals surface area (Å²) in [5.74, 6) is 1.24. The van der Waals surface area contributed by atoms with Gasteiger partial charge in [-0.25, -0.2) is 0 Å². The quantitative estimate of drug-likeness (QED) is 0.697. The normalized spacial score (nSPS) is 27.1. The van der Waals surface area contributed by atoms with E-state index in [-0.39, 0.29) is 36.9 Å². The number of fused-ring (bicyclic) bond motifs is 2. The highest BCUT2D eigenvalue weighted by molar-refractivity contribution is 5.85. The van der Waals surface area contributed by atoms with Crippen LogP contribution in [0.15, 0.2) is 24.3 Å². The zero-order valence-electron chi connectivity index (χ0n) is 14.9. The number of nitrogens with two attached hydrogens (primary N) is 2. The molecule has 0 aromatic heterocycles. The van der Waals surface area contributed by atoms with Gasteiger partial charge >= 0.3 is 0 Å². The summed E-state index contributed by atoms with van der Waals surface area (Å²) in [5.41, 5.74) is 12.3. The summed E-state index contributed by atoms with van der Waals surface area (Å²) < 4.78 is 5.29. The van der Waals surface area contributed by atoms with Gasteiger partial charge in [0.2, 0.25) is 5.91 Å². The third-order valence-corrected chi connectivity index (χ3v) is 5.53. The van der Waals surface area contributed by atoms with E-state index in [0.29, 0.717) is 24.1 Å². The second-order valence-corrected chi connectivity index (χ2v) is 7.32. The Balaban J connectivity index is 0.00000243. The predicted octanol–water partition coefficient (Wildman–Crippen LogP) is 1.74. The van der Waals surface area contributed by atoms with E-state index in [4.69, 9.17) is 16.2 Å². The van der Waals surface area contributed by atoms with Gasteiger partial charge in [0.05, 0.1) is 0 Å². The minimum Gasteiger partial charge on any atom is -0.484 e. The number of rotatable bonds is 6. The van der Waals surface area contributed by atoms with Gasteiger partial charge in [0.15, 0.2) is 6.61 Å². The molecule has 0 spiro atoms. The number of hydrogen-bond acceptors (Lipinski definition) is 4. The van der Waals surface area contributed by atoms with Crippen molar-refractivity contribution in [2.24, 2.45) is 29.2 Å². The molecule has 144 valence electrons. The number of benzene rings is 1. The topological polar surface area (TPSA) is 107 Å². The Kier molecular flexibility index (Phi) is 7.29.